The summed E-state index contributed by atoms with van der Waals surface area (Å²) in [5, 5.41) is 6.88. The molecule has 0 unspecified atom stereocenters. The molecule has 22 heavy (non-hydrogen) atoms. The summed E-state index contributed by atoms with van der Waals surface area (Å²) in [6, 6.07) is 5.26. The Kier molecular flexibility index (Phi) is 2.97. The van der Waals surface area contributed by atoms with Crippen molar-refractivity contribution in [3.63, 3.8) is 0 Å². The van der Waals surface area contributed by atoms with Crippen molar-refractivity contribution in [1.29, 1.82) is 0 Å². The van der Waals surface area contributed by atoms with Crippen molar-refractivity contribution in [2.75, 3.05) is 18.5 Å². The fraction of sp³-hybridized carbons (Fsp3) is 0.214. The van der Waals surface area contributed by atoms with Crippen LogP contribution in [0.1, 0.15) is 16.2 Å². The number of carbonyl (C=O) groups excluding carboxylic acids is 1. The zero-order chi connectivity index (χ0) is 15.1. The predicted molar refractivity (Wildman–Crippen MR) is 79.8 cm³/mol. The zero-order valence-electron chi connectivity index (χ0n) is 11.6. The van der Waals surface area contributed by atoms with E-state index < -0.39 is 0 Å². The number of nitrogens with zero attached hydrogens (tertiary/aromatic N) is 2. The smallest absolute Gasteiger partial charge is 0.279 e. The lowest BCUT2D eigenvalue weighted by Gasteiger charge is -2.17. The molecule has 0 radical (unpaired) electrons. The Labute approximate surface area is 128 Å². The molecule has 1 aromatic carbocycles. The van der Waals surface area contributed by atoms with Crippen LogP contribution in [0.5, 0.6) is 11.5 Å². The van der Waals surface area contributed by atoms with Crippen molar-refractivity contribution >= 4 is 32.6 Å². The number of amides is 1. The molecule has 1 aliphatic heterocycles. The van der Waals surface area contributed by atoms with Crippen LogP contribution in [0.4, 0.5) is 5.13 Å². The maximum atomic E-state index is 12.0. The Hall–Kier alpha value is -2.61. The molecular formula is C14H11N3O4S. The van der Waals surface area contributed by atoms with E-state index in [1.165, 1.54) is 11.3 Å². The van der Waals surface area contributed by atoms with Crippen molar-refractivity contribution < 1.29 is 18.8 Å². The van der Waals surface area contributed by atoms with Crippen LogP contribution in [0.2, 0.25) is 0 Å². The maximum Gasteiger partial charge on any atom is 0.279 e. The monoisotopic (exact) mass is 317 g/mol. The number of anilines is 1. The second-order valence-electron chi connectivity index (χ2n) is 4.76. The van der Waals surface area contributed by atoms with Gasteiger partial charge < -0.3 is 14.0 Å². The Bertz CT molecular complexity index is 827. The van der Waals surface area contributed by atoms with Crippen molar-refractivity contribution in [2.24, 2.45) is 0 Å². The highest BCUT2D eigenvalue weighted by atomic mass is 32.1. The van der Waals surface area contributed by atoms with Crippen LogP contribution in [0.3, 0.4) is 0 Å². The normalized spacial score (nSPS) is 13.3. The van der Waals surface area contributed by atoms with Crippen LogP contribution in [0, 0.1) is 6.92 Å². The first-order valence-electron chi connectivity index (χ1n) is 6.64. The second kappa shape index (κ2) is 4.99. The molecule has 3 heterocycles. The highest BCUT2D eigenvalue weighted by Crippen LogP contribution is 2.37. The van der Waals surface area contributed by atoms with Crippen LogP contribution in [-0.4, -0.2) is 29.3 Å². The minimum Gasteiger partial charge on any atom is -0.486 e. The van der Waals surface area contributed by atoms with Crippen LogP contribution in [0.25, 0.3) is 10.2 Å². The molecule has 0 atom stereocenters. The van der Waals surface area contributed by atoms with Crippen molar-refractivity contribution in [1.82, 2.24) is 10.1 Å². The van der Waals surface area contributed by atoms with Gasteiger partial charge in [0, 0.05) is 18.2 Å². The van der Waals surface area contributed by atoms with Crippen LogP contribution in [0.15, 0.2) is 22.7 Å². The molecule has 112 valence electrons. The van der Waals surface area contributed by atoms with E-state index in [0.717, 1.165) is 10.2 Å². The topological polar surface area (TPSA) is 86.5 Å². The summed E-state index contributed by atoms with van der Waals surface area (Å²) >= 11 is 1.36. The summed E-state index contributed by atoms with van der Waals surface area (Å²) in [7, 11) is 0. The molecule has 8 heteroatoms. The molecule has 2 aromatic heterocycles. The average Bonchev–Trinajstić information content (AvgIpc) is 3.10. The van der Waals surface area contributed by atoms with Crippen molar-refractivity contribution in [3.8, 4) is 11.5 Å². The second-order valence-corrected chi connectivity index (χ2v) is 5.79. The van der Waals surface area contributed by atoms with Gasteiger partial charge in [0.2, 0.25) is 0 Å². The van der Waals surface area contributed by atoms with Gasteiger partial charge in [-0.25, -0.2) is 4.98 Å². The molecule has 1 aliphatic rings. The molecule has 0 saturated carbocycles. The van der Waals surface area contributed by atoms with E-state index in [4.69, 9.17) is 14.0 Å². The van der Waals surface area contributed by atoms with Gasteiger partial charge in [-0.1, -0.05) is 16.5 Å². The first kappa shape index (κ1) is 13.1. The van der Waals surface area contributed by atoms with Crippen molar-refractivity contribution in [3.05, 3.63) is 29.7 Å². The number of benzene rings is 1. The molecule has 0 aliphatic carbocycles. The standard InChI is InChI=1S/C14H11N3O4S/c1-7-4-9(17-21-7)13(18)16-14-15-8-5-10-11(6-12(8)22-14)20-3-2-19-10/h4-6H,2-3H2,1H3,(H,15,16,18). The zero-order valence-corrected chi connectivity index (χ0v) is 12.4. The summed E-state index contributed by atoms with van der Waals surface area (Å²) in [5.41, 5.74) is 0.976. The number of aryl methyl sites for hydroxylation is 1. The van der Waals surface area contributed by atoms with E-state index >= 15 is 0 Å². The van der Waals surface area contributed by atoms with Gasteiger partial charge in [0.05, 0.1) is 10.2 Å². The molecule has 7 nitrogen and oxygen atoms in total. The number of hydrogen-bond acceptors (Lipinski definition) is 7. The van der Waals surface area contributed by atoms with E-state index in [9.17, 15) is 4.79 Å². The Morgan fingerprint density at radius 1 is 1.23 bits per heavy atom. The van der Waals surface area contributed by atoms with E-state index in [1.807, 2.05) is 12.1 Å². The van der Waals surface area contributed by atoms with E-state index in [-0.39, 0.29) is 11.6 Å². The molecule has 1 N–H and O–H groups in total. The number of rotatable bonds is 2. The lowest BCUT2D eigenvalue weighted by Crippen LogP contribution is -2.15. The molecule has 0 fully saturated rings. The number of carbonyl (C=O) groups is 1. The van der Waals surface area contributed by atoms with Gasteiger partial charge in [-0.3, -0.25) is 10.1 Å². The van der Waals surface area contributed by atoms with Gasteiger partial charge in [0.15, 0.2) is 22.3 Å². The van der Waals surface area contributed by atoms with Gasteiger partial charge in [0.1, 0.15) is 19.0 Å². The number of ether oxygens (including phenoxy) is 2. The average molecular weight is 317 g/mol. The largest absolute Gasteiger partial charge is 0.486 e. The number of hydrogen-bond donors (Lipinski definition) is 1. The summed E-state index contributed by atoms with van der Waals surface area (Å²) in [4.78, 5) is 16.4. The number of nitrogens with one attached hydrogen (secondary N) is 1. The highest BCUT2D eigenvalue weighted by molar-refractivity contribution is 7.22. The number of fused-ring (bicyclic) bond motifs is 2. The van der Waals surface area contributed by atoms with Gasteiger partial charge in [-0.2, -0.15) is 0 Å². The molecule has 4 rings (SSSR count). The SMILES string of the molecule is Cc1cc(C(=O)Nc2nc3cc4c(cc3s2)OCCO4)no1. The lowest BCUT2D eigenvalue weighted by atomic mass is 10.3. The minimum atomic E-state index is -0.354. The lowest BCUT2D eigenvalue weighted by molar-refractivity contribution is 0.101. The maximum absolute atomic E-state index is 12.0. The fourth-order valence-corrected chi connectivity index (χ4v) is 3.02. The summed E-state index contributed by atoms with van der Waals surface area (Å²) in [5.74, 6) is 1.60. The van der Waals surface area contributed by atoms with Gasteiger partial charge in [-0.05, 0) is 6.92 Å². The minimum absolute atomic E-state index is 0.225. The third-order valence-corrected chi connectivity index (χ3v) is 4.07. The first-order valence-corrected chi connectivity index (χ1v) is 7.45. The molecule has 3 aromatic rings. The van der Waals surface area contributed by atoms with Gasteiger partial charge in [0.25, 0.3) is 5.91 Å². The van der Waals surface area contributed by atoms with E-state index in [0.29, 0.717) is 35.6 Å². The fourth-order valence-electron chi connectivity index (χ4n) is 2.15. The van der Waals surface area contributed by atoms with E-state index in [2.05, 4.69) is 15.5 Å². The molecule has 0 saturated heterocycles. The van der Waals surface area contributed by atoms with Gasteiger partial charge in [-0.15, -0.1) is 0 Å². The first-order chi connectivity index (χ1) is 10.7. The van der Waals surface area contributed by atoms with Gasteiger partial charge >= 0.3 is 0 Å². The number of aromatic nitrogens is 2. The highest BCUT2D eigenvalue weighted by Gasteiger charge is 2.17. The Morgan fingerprint density at radius 3 is 2.73 bits per heavy atom. The quantitative estimate of drug-likeness (QED) is 0.782. The van der Waals surface area contributed by atoms with Crippen molar-refractivity contribution in [2.45, 2.75) is 6.92 Å². The summed E-state index contributed by atoms with van der Waals surface area (Å²) in [6.45, 7) is 2.79. The molecule has 1 amide bonds. The third-order valence-electron chi connectivity index (χ3n) is 3.13. The molecular weight excluding hydrogens is 306 g/mol. The molecule has 0 spiro atoms. The van der Waals surface area contributed by atoms with Crippen LogP contribution in [-0.2, 0) is 0 Å². The predicted octanol–water partition coefficient (Wildman–Crippen LogP) is 2.62. The van der Waals surface area contributed by atoms with Crippen LogP contribution < -0.4 is 14.8 Å². The summed E-state index contributed by atoms with van der Waals surface area (Å²) < 4.78 is 16.9. The number of thiazole rings is 1. The van der Waals surface area contributed by atoms with Crippen LogP contribution >= 0.6 is 11.3 Å². The Balaban J connectivity index is 1.63. The van der Waals surface area contributed by atoms with E-state index in [1.54, 1.807) is 13.0 Å². The third kappa shape index (κ3) is 2.27. The summed E-state index contributed by atoms with van der Waals surface area (Å²) in [6.07, 6.45) is 0. The Morgan fingerprint density at radius 2 is 2.00 bits per heavy atom. The molecule has 0 bridgehead atoms.